The fraction of sp³-hybridized carbons (Fsp3) is 0.256. The Morgan fingerprint density at radius 3 is 1.76 bits per heavy atom. The van der Waals surface area contributed by atoms with E-state index in [1.165, 1.54) is 66.8 Å². The van der Waals surface area contributed by atoms with Gasteiger partial charge in [0.1, 0.15) is 0 Å². The lowest BCUT2D eigenvalue weighted by Crippen LogP contribution is -2.32. The summed E-state index contributed by atoms with van der Waals surface area (Å²) >= 11 is 0. The number of benzene rings is 4. The summed E-state index contributed by atoms with van der Waals surface area (Å²) in [5.41, 5.74) is 14.4. The van der Waals surface area contributed by atoms with Crippen LogP contribution >= 0.6 is 0 Å². The maximum atomic E-state index is 2.43. The minimum Gasteiger partial charge on any atom is -0.167 e. The van der Waals surface area contributed by atoms with E-state index < -0.39 is 0 Å². The number of pyridine rings is 2. The van der Waals surface area contributed by atoms with Gasteiger partial charge in [-0.15, -0.1) is 0 Å². The molecule has 2 nitrogen and oxygen atoms in total. The highest BCUT2D eigenvalue weighted by molar-refractivity contribution is 5.94. The van der Waals surface area contributed by atoms with Gasteiger partial charge in [-0.25, -0.2) is 0 Å². The molecule has 6 aromatic rings. The van der Waals surface area contributed by atoms with Crippen LogP contribution in [0.3, 0.4) is 0 Å². The molecule has 0 saturated heterocycles. The standard InChI is InChI=1S/C43H44N2/c1-41(2,3)30-14-18-32(19-15-30)44-25-23-36-35-22-13-29(27-38(35)43(7,8)39(36)28-44)34-24-26-45(40-12-10-9-11-37(34)40)33-20-16-31(17-21-33)42(4,5)6/h9-28H,1-8H3/q+2. The van der Waals surface area contributed by atoms with Crippen molar-refractivity contribution >= 4 is 10.9 Å². The Balaban J connectivity index is 1.27. The van der Waals surface area contributed by atoms with E-state index in [0.29, 0.717) is 0 Å². The molecule has 0 aliphatic heterocycles. The van der Waals surface area contributed by atoms with E-state index in [0.717, 1.165) is 0 Å². The Kier molecular flexibility index (Phi) is 6.64. The lowest BCUT2D eigenvalue weighted by atomic mass is 9.82. The number of nitrogens with zero attached hydrogens (tertiary/aromatic N) is 2. The average Bonchev–Trinajstić information content (AvgIpc) is 3.25. The number of rotatable bonds is 3. The first-order chi connectivity index (χ1) is 21.3. The molecule has 7 rings (SSSR count). The highest BCUT2D eigenvalue weighted by Crippen LogP contribution is 2.49. The van der Waals surface area contributed by atoms with Gasteiger partial charge in [0.05, 0.1) is 5.39 Å². The van der Waals surface area contributed by atoms with Crippen LogP contribution in [0.1, 0.15) is 77.6 Å². The molecule has 1 aliphatic rings. The van der Waals surface area contributed by atoms with Crippen LogP contribution in [0.4, 0.5) is 0 Å². The molecular formula is C43H44N2+2. The maximum absolute atomic E-state index is 2.43. The predicted octanol–water partition coefficient (Wildman–Crippen LogP) is 9.96. The summed E-state index contributed by atoms with van der Waals surface area (Å²) in [7, 11) is 0. The van der Waals surface area contributed by atoms with Crippen molar-refractivity contribution in [1.82, 2.24) is 0 Å². The van der Waals surface area contributed by atoms with Crippen molar-refractivity contribution in [2.24, 2.45) is 0 Å². The second kappa shape index (κ2) is 10.2. The fourth-order valence-corrected chi connectivity index (χ4v) is 6.96. The second-order valence-corrected chi connectivity index (χ2v) is 15.3. The highest BCUT2D eigenvalue weighted by atomic mass is 15.0. The fourth-order valence-electron chi connectivity index (χ4n) is 6.96. The highest BCUT2D eigenvalue weighted by Gasteiger charge is 2.38. The first kappa shape index (κ1) is 29.2. The van der Waals surface area contributed by atoms with Crippen molar-refractivity contribution < 1.29 is 9.13 Å². The molecule has 1 aliphatic carbocycles. The van der Waals surface area contributed by atoms with E-state index in [2.05, 4.69) is 186 Å². The number of hydrogen-bond acceptors (Lipinski definition) is 0. The Morgan fingerprint density at radius 2 is 1.11 bits per heavy atom. The van der Waals surface area contributed by atoms with Crippen molar-refractivity contribution in [3.8, 4) is 33.6 Å². The third-order valence-electron chi connectivity index (χ3n) is 9.81. The molecule has 0 atom stereocenters. The lowest BCUT2D eigenvalue weighted by Gasteiger charge is -2.21. The Hall–Kier alpha value is -4.56. The van der Waals surface area contributed by atoms with Crippen LogP contribution in [0.5, 0.6) is 0 Å². The van der Waals surface area contributed by atoms with E-state index in [1.54, 1.807) is 0 Å². The number of aromatic nitrogens is 2. The minimum atomic E-state index is -0.117. The quantitative estimate of drug-likeness (QED) is 0.182. The Bertz CT molecular complexity index is 2070. The van der Waals surface area contributed by atoms with Crippen molar-refractivity contribution in [1.29, 1.82) is 0 Å². The summed E-state index contributed by atoms with van der Waals surface area (Å²) in [4.78, 5) is 0. The second-order valence-electron chi connectivity index (χ2n) is 15.3. The SMILES string of the molecule is CC(C)(C)c1ccc(-[n+]2ccc3c(c2)C(C)(C)c2cc(-c4cc[n+](-c5ccc(C(C)(C)C)cc5)c5ccccc45)ccc2-3)cc1. The molecule has 0 fully saturated rings. The van der Waals surface area contributed by atoms with Crippen LogP contribution in [-0.2, 0) is 16.2 Å². The van der Waals surface area contributed by atoms with Gasteiger partial charge in [0.15, 0.2) is 18.6 Å². The van der Waals surface area contributed by atoms with Gasteiger partial charge >= 0.3 is 0 Å². The predicted molar refractivity (Wildman–Crippen MR) is 187 cm³/mol. The molecule has 45 heavy (non-hydrogen) atoms. The molecular weight excluding hydrogens is 544 g/mol. The van der Waals surface area contributed by atoms with Crippen molar-refractivity contribution in [3.05, 3.63) is 144 Å². The van der Waals surface area contributed by atoms with Gasteiger partial charge in [0.25, 0.3) is 0 Å². The molecule has 2 heterocycles. The molecule has 0 saturated carbocycles. The summed E-state index contributed by atoms with van der Waals surface area (Å²) in [6.07, 6.45) is 6.78. The number of hydrogen-bond donors (Lipinski definition) is 0. The first-order valence-corrected chi connectivity index (χ1v) is 16.2. The molecule has 2 heteroatoms. The molecule has 0 N–H and O–H groups in total. The van der Waals surface area contributed by atoms with E-state index in [-0.39, 0.29) is 16.2 Å². The average molecular weight is 589 g/mol. The molecule has 2 aromatic heterocycles. The largest absolute Gasteiger partial charge is 0.219 e. The first-order valence-electron chi connectivity index (χ1n) is 16.2. The minimum absolute atomic E-state index is 0.117. The zero-order valence-electron chi connectivity index (χ0n) is 27.9. The zero-order valence-corrected chi connectivity index (χ0v) is 27.9. The molecule has 4 aromatic carbocycles. The molecule has 0 spiro atoms. The zero-order chi connectivity index (χ0) is 31.7. The summed E-state index contributed by atoms with van der Waals surface area (Å²) < 4.78 is 4.59. The normalized spacial score (nSPS) is 14.0. The van der Waals surface area contributed by atoms with Gasteiger partial charge in [-0.05, 0) is 56.3 Å². The monoisotopic (exact) mass is 588 g/mol. The maximum Gasteiger partial charge on any atom is 0.219 e. The Morgan fingerprint density at radius 1 is 0.533 bits per heavy atom. The smallest absolute Gasteiger partial charge is 0.167 e. The van der Waals surface area contributed by atoms with E-state index in [9.17, 15) is 0 Å². The summed E-state index contributed by atoms with van der Waals surface area (Å²) in [6.45, 7) is 18.3. The van der Waals surface area contributed by atoms with Crippen LogP contribution in [0.25, 0.3) is 44.5 Å². The Labute approximate surface area is 268 Å². The summed E-state index contributed by atoms with van der Waals surface area (Å²) in [5, 5.41) is 1.25. The topological polar surface area (TPSA) is 7.76 Å². The van der Waals surface area contributed by atoms with Crippen molar-refractivity contribution in [2.45, 2.75) is 71.6 Å². The lowest BCUT2D eigenvalue weighted by molar-refractivity contribution is -0.596. The van der Waals surface area contributed by atoms with Gasteiger partial charge < -0.3 is 0 Å². The van der Waals surface area contributed by atoms with Gasteiger partial charge in [-0.3, -0.25) is 0 Å². The van der Waals surface area contributed by atoms with E-state index >= 15 is 0 Å². The molecule has 0 radical (unpaired) electrons. The summed E-state index contributed by atoms with van der Waals surface area (Å²) in [5.74, 6) is 0. The van der Waals surface area contributed by atoms with Crippen LogP contribution < -0.4 is 9.13 Å². The van der Waals surface area contributed by atoms with Crippen molar-refractivity contribution in [3.63, 3.8) is 0 Å². The van der Waals surface area contributed by atoms with Crippen LogP contribution in [0.2, 0.25) is 0 Å². The number of fused-ring (bicyclic) bond motifs is 4. The molecule has 0 amide bonds. The molecule has 224 valence electrons. The molecule has 0 bridgehead atoms. The third-order valence-corrected chi connectivity index (χ3v) is 9.81. The van der Waals surface area contributed by atoms with Gasteiger partial charge in [0.2, 0.25) is 16.9 Å². The van der Waals surface area contributed by atoms with Gasteiger partial charge in [-0.2, -0.15) is 9.13 Å². The van der Waals surface area contributed by atoms with Crippen LogP contribution in [0, 0.1) is 0 Å². The van der Waals surface area contributed by atoms with E-state index in [4.69, 9.17) is 0 Å². The molecule has 0 unspecified atom stereocenters. The van der Waals surface area contributed by atoms with E-state index in [1.807, 2.05) is 0 Å². The van der Waals surface area contributed by atoms with Crippen LogP contribution in [-0.4, -0.2) is 0 Å². The number of para-hydroxylation sites is 1. The summed E-state index contributed by atoms with van der Waals surface area (Å²) in [6, 6.07) is 38.4. The van der Waals surface area contributed by atoms with Gasteiger partial charge in [-0.1, -0.05) is 104 Å². The van der Waals surface area contributed by atoms with Crippen molar-refractivity contribution in [2.75, 3.05) is 0 Å². The van der Waals surface area contributed by atoms with Crippen LogP contribution in [0.15, 0.2) is 122 Å². The van der Waals surface area contributed by atoms with Gasteiger partial charge in [0, 0.05) is 59.0 Å². The third kappa shape index (κ3) is 4.97.